The molecule has 0 saturated heterocycles. The summed E-state index contributed by atoms with van der Waals surface area (Å²) in [7, 11) is 2.85. The molecule has 0 amide bonds. The number of hydrogen-bond donors (Lipinski definition) is 1. The van der Waals surface area contributed by atoms with E-state index >= 15 is 0 Å². The normalized spacial score (nSPS) is 25.6. The lowest BCUT2D eigenvalue weighted by atomic mass is 9.79. The van der Waals surface area contributed by atoms with Crippen molar-refractivity contribution in [2.75, 3.05) is 14.2 Å². The number of rotatable bonds is 4. The lowest BCUT2D eigenvalue weighted by molar-refractivity contribution is -0.124. The van der Waals surface area contributed by atoms with Gasteiger partial charge in [-0.25, -0.2) is 0 Å². The molecule has 1 aliphatic rings. The number of benzene rings is 1. The van der Waals surface area contributed by atoms with Crippen LogP contribution in [0.3, 0.4) is 0 Å². The van der Waals surface area contributed by atoms with Crippen molar-refractivity contribution in [1.29, 1.82) is 0 Å². The minimum Gasteiger partial charge on any atom is -0.504 e. The van der Waals surface area contributed by atoms with Gasteiger partial charge in [0.2, 0.25) is 0 Å². The fraction of sp³-hybridized carbons (Fsp3) is 0.267. The Hall–Kier alpha value is -1.78. The molecule has 20 heavy (non-hydrogen) atoms. The summed E-state index contributed by atoms with van der Waals surface area (Å²) in [5, 5.41) is 10.5. The standard InChI is InChI=1S/C15H15ClO4/c1-19-14-8-15(9-17,20-2)12(7-13(14)18)10-4-3-5-11(16)6-10/h3-9,12,18H,1-2H3. The molecule has 1 aromatic rings. The molecule has 5 heteroatoms. The van der Waals surface area contributed by atoms with E-state index in [1.807, 2.05) is 6.07 Å². The molecular weight excluding hydrogens is 280 g/mol. The van der Waals surface area contributed by atoms with E-state index in [0.29, 0.717) is 11.3 Å². The van der Waals surface area contributed by atoms with Gasteiger partial charge in [-0.2, -0.15) is 0 Å². The van der Waals surface area contributed by atoms with Crippen molar-refractivity contribution in [1.82, 2.24) is 0 Å². The van der Waals surface area contributed by atoms with E-state index in [9.17, 15) is 9.90 Å². The van der Waals surface area contributed by atoms with Gasteiger partial charge in [-0.3, -0.25) is 4.79 Å². The summed E-state index contributed by atoms with van der Waals surface area (Å²) in [4.78, 5) is 11.6. The highest BCUT2D eigenvalue weighted by Crippen LogP contribution is 2.39. The molecule has 1 N–H and O–H groups in total. The molecule has 0 aliphatic heterocycles. The minimum absolute atomic E-state index is 0.0352. The third kappa shape index (κ3) is 2.44. The lowest BCUT2D eigenvalue weighted by Crippen LogP contribution is -2.40. The van der Waals surface area contributed by atoms with E-state index < -0.39 is 11.5 Å². The first kappa shape index (κ1) is 14.6. The monoisotopic (exact) mass is 294 g/mol. The quantitative estimate of drug-likeness (QED) is 0.867. The van der Waals surface area contributed by atoms with Crippen molar-refractivity contribution >= 4 is 17.9 Å². The molecule has 4 nitrogen and oxygen atoms in total. The van der Waals surface area contributed by atoms with Crippen LogP contribution in [0, 0.1) is 0 Å². The molecule has 0 aromatic heterocycles. The minimum atomic E-state index is -1.23. The highest BCUT2D eigenvalue weighted by Gasteiger charge is 2.41. The molecule has 2 unspecified atom stereocenters. The zero-order valence-corrected chi connectivity index (χ0v) is 11.9. The fourth-order valence-corrected chi connectivity index (χ4v) is 2.50. The summed E-state index contributed by atoms with van der Waals surface area (Å²) in [6.07, 6.45) is 3.70. The highest BCUT2D eigenvalue weighted by atomic mass is 35.5. The summed E-state index contributed by atoms with van der Waals surface area (Å²) < 4.78 is 10.4. The van der Waals surface area contributed by atoms with Crippen molar-refractivity contribution in [3.63, 3.8) is 0 Å². The third-order valence-corrected chi connectivity index (χ3v) is 3.62. The second-order valence-corrected chi connectivity index (χ2v) is 4.91. The van der Waals surface area contributed by atoms with E-state index in [-0.39, 0.29) is 11.5 Å². The molecule has 0 heterocycles. The summed E-state index contributed by atoms with van der Waals surface area (Å²) in [6.45, 7) is 0. The summed E-state index contributed by atoms with van der Waals surface area (Å²) in [5.41, 5.74) is -0.466. The summed E-state index contributed by atoms with van der Waals surface area (Å²) >= 11 is 5.98. The molecule has 0 saturated carbocycles. The summed E-state index contributed by atoms with van der Waals surface area (Å²) in [6, 6.07) is 7.08. The van der Waals surface area contributed by atoms with Crippen LogP contribution in [0.5, 0.6) is 0 Å². The molecule has 106 valence electrons. The number of aliphatic hydroxyl groups is 1. The number of aldehydes is 1. The van der Waals surface area contributed by atoms with Crippen LogP contribution in [0.2, 0.25) is 5.02 Å². The topological polar surface area (TPSA) is 55.8 Å². The van der Waals surface area contributed by atoms with Crippen molar-refractivity contribution in [3.05, 3.63) is 58.5 Å². The van der Waals surface area contributed by atoms with Gasteiger partial charge in [-0.1, -0.05) is 23.7 Å². The molecular formula is C15H15ClO4. The second kappa shape index (κ2) is 5.69. The Morgan fingerprint density at radius 3 is 2.70 bits per heavy atom. The average molecular weight is 295 g/mol. The first-order chi connectivity index (χ1) is 9.56. The van der Waals surface area contributed by atoms with Gasteiger partial charge in [0.1, 0.15) is 0 Å². The first-order valence-electron chi connectivity index (χ1n) is 6.01. The highest BCUT2D eigenvalue weighted by molar-refractivity contribution is 6.30. The van der Waals surface area contributed by atoms with Gasteiger partial charge >= 0.3 is 0 Å². The van der Waals surface area contributed by atoms with E-state index in [0.717, 1.165) is 5.56 Å². The van der Waals surface area contributed by atoms with Crippen molar-refractivity contribution in [2.45, 2.75) is 11.5 Å². The van der Waals surface area contributed by atoms with Crippen LogP contribution in [0.25, 0.3) is 0 Å². The number of ether oxygens (including phenoxy) is 2. The van der Waals surface area contributed by atoms with Crippen molar-refractivity contribution in [2.24, 2.45) is 0 Å². The number of halogens is 1. The maximum absolute atomic E-state index is 11.6. The second-order valence-electron chi connectivity index (χ2n) is 4.47. The maximum atomic E-state index is 11.6. The fourth-order valence-electron chi connectivity index (χ4n) is 2.30. The van der Waals surface area contributed by atoms with E-state index in [1.54, 1.807) is 18.2 Å². The number of aliphatic hydroxyl groups excluding tert-OH is 1. The van der Waals surface area contributed by atoms with Gasteiger partial charge < -0.3 is 14.6 Å². The van der Waals surface area contributed by atoms with Crippen LogP contribution in [0.4, 0.5) is 0 Å². The van der Waals surface area contributed by atoms with Gasteiger partial charge in [0.05, 0.1) is 7.11 Å². The molecule has 2 atom stereocenters. The smallest absolute Gasteiger partial charge is 0.159 e. The predicted octanol–water partition coefficient (Wildman–Crippen LogP) is 2.99. The first-order valence-corrected chi connectivity index (χ1v) is 6.39. The van der Waals surface area contributed by atoms with Crippen LogP contribution in [-0.4, -0.2) is 31.2 Å². The van der Waals surface area contributed by atoms with Gasteiger partial charge in [-0.15, -0.1) is 0 Å². The zero-order valence-electron chi connectivity index (χ0n) is 11.2. The van der Waals surface area contributed by atoms with Gasteiger partial charge in [0.15, 0.2) is 23.4 Å². The van der Waals surface area contributed by atoms with Gasteiger partial charge in [0, 0.05) is 24.1 Å². The molecule has 0 radical (unpaired) electrons. The number of carbonyl (C=O) groups excluding carboxylic acids is 1. The van der Waals surface area contributed by atoms with Crippen LogP contribution >= 0.6 is 11.6 Å². The van der Waals surface area contributed by atoms with Crippen LogP contribution in [0.1, 0.15) is 11.5 Å². The molecule has 1 aliphatic carbocycles. The SMILES string of the molecule is COC1=CC(C=O)(OC)C(c2cccc(Cl)c2)C=C1O. The Balaban J connectivity index is 2.55. The molecule has 1 aromatic carbocycles. The van der Waals surface area contributed by atoms with E-state index in [2.05, 4.69) is 0 Å². The van der Waals surface area contributed by atoms with Gasteiger partial charge in [-0.05, 0) is 23.8 Å². The van der Waals surface area contributed by atoms with Crippen molar-refractivity contribution in [3.8, 4) is 0 Å². The number of hydrogen-bond acceptors (Lipinski definition) is 4. The predicted molar refractivity (Wildman–Crippen MR) is 75.8 cm³/mol. The largest absolute Gasteiger partial charge is 0.504 e. The van der Waals surface area contributed by atoms with Crippen LogP contribution in [-0.2, 0) is 14.3 Å². The lowest BCUT2D eigenvalue weighted by Gasteiger charge is -2.34. The zero-order chi connectivity index (χ0) is 14.8. The molecule has 0 spiro atoms. The Labute approximate surface area is 122 Å². The third-order valence-electron chi connectivity index (χ3n) is 3.39. The Morgan fingerprint density at radius 2 is 2.15 bits per heavy atom. The molecule has 0 fully saturated rings. The average Bonchev–Trinajstić information content (AvgIpc) is 2.47. The number of carbonyl (C=O) groups is 1. The molecule has 0 bridgehead atoms. The van der Waals surface area contributed by atoms with E-state index in [4.69, 9.17) is 21.1 Å². The van der Waals surface area contributed by atoms with Gasteiger partial charge in [0.25, 0.3) is 0 Å². The Bertz CT molecular complexity index is 579. The van der Waals surface area contributed by atoms with Crippen LogP contribution < -0.4 is 0 Å². The van der Waals surface area contributed by atoms with Crippen LogP contribution in [0.15, 0.2) is 47.9 Å². The van der Waals surface area contributed by atoms with Crippen molar-refractivity contribution < 1.29 is 19.4 Å². The maximum Gasteiger partial charge on any atom is 0.159 e. The Morgan fingerprint density at radius 1 is 1.40 bits per heavy atom. The van der Waals surface area contributed by atoms with E-state index in [1.165, 1.54) is 26.4 Å². The molecule has 2 rings (SSSR count). The number of methoxy groups -OCH3 is 2. The Kier molecular flexibility index (Phi) is 4.16. The summed E-state index contributed by atoms with van der Waals surface area (Å²) in [5.74, 6) is -0.313.